The van der Waals surface area contributed by atoms with E-state index in [1.165, 1.54) is 0 Å². The van der Waals surface area contributed by atoms with Crippen molar-refractivity contribution in [2.45, 2.75) is 13.5 Å². The molecule has 0 aliphatic carbocycles. The van der Waals surface area contributed by atoms with Gasteiger partial charge in [-0.1, -0.05) is 42.5 Å². The number of amides is 1. The lowest BCUT2D eigenvalue weighted by atomic mass is 10.2. The van der Waals surface area contributed by atoms with Crippen molar-refractivity contribution in [3.8, 4) is 5.88 Å². The Hall–Kier alpha value is -2.82. The first kappa shape index (κ1) is 16.5. The number of aryl methyl sites for hydroxylation is 1. The largest absolute Gasteiger partial charge is 0.481 e. The summed E-state index contributed by atoms with van der Waals surface area (Å²) in [4.78, 5) is 15.8. The minimum absolute atomic E-state index is 0.262. The molecular formula is C18H20N2O3. The number of alkyl carbamates (subject to hydrolysis) is 1. The molecule has 0 radical (unpaired) electrons. The van der Waals surface area contributed by atoms with Crippen molar-refractivity contribution in [1.82, 2.24) is 10.3 Å². The molecule has 5 heteroatoms. The average molecular weight is 312 g/mol. The lowest BCUT2D eigenvalue weighted by Crippen LogP contribution is -2.24. The highest BCUT2D eigenvalue weighted by atomic mass is 16.5. The van der Waals surface area contributed by atoms with Crippen LogP contribution < -0.4 is 10.1 Å². The third kappa shape index (κ3) is 5.47. The summed E-state index contributed by atoms with van der Waals surface area (Å²) in [6, 6.07) is 11.5. The SMILES string of the molecule is COc1ncc(C=CCNC(=O)OCc2ccccc2)cc1C. The average Bonchev–Trinajstić information content (AvgIpc) is 2.58. The highest BCUT2D eigenvalue weighted by Crippen LogP contribution is 2.15. The first-order valence-electron chi connectivity index (χ1n) is 7.31. The molecule has 0 saturated heterocycles. The van der Waals surface area contributed by atoms with Crippen molar-refractivity contribution in [1.29, 1.82) is 0 Å². The standard InChI is InChI=1S/C18H20N2O3/c1-14-11-16(12-20-17(14)22-2)9-6-10-19-18(21)23-13-15-7-4-3-5-8-15/h3-9,11-12H,10,13H2,1-2H3,(H,19,21). The van der Waals surface area contributed by atoms with Crippen LogP contribution in [-0.4, -0.2) is 24.7 Å². The van der Waals surface area contributed by atoms with Crippen molar-refractivity contribution in [3.05, 3.63) is 65.4 Å². The van der Waals surface area contributed by atoms with Crippen LogP contribution in [0.5, 0.6) is 5.88 Å². The lowest BCUT2D eigenvalue weighted by Gasteiger charge is -2.05. The molecule has 1 heterocycles. The van der Waals surface area contributed by atoms with E-state index in [1.807, 2.05) is 55.5 Å². The maximum atomic E-state index is 11.6. The van der Waals surface area contributed by atoms with Gasteiger partial charge in [0.15, 0.2) is 0 Å². The summed E-state index contributed by atoms with van der Waals surface area (Å²) in [5.41, 5.74) is 2.87. The molecule has 0 saturated carbocycles. The summed E-state index contributed by atoms with van der Waals surface area (Å²) in [5.74, 6) is 0.616. The Bertz CT molecular complexity index is 669. The Morgan fingerprint density at radius 1 is 1.30 bits per heavy atom. The smallest absolute Gasteiger partial charge is 0.407 e. The van der Waals surface area contributed by atoms with Crippen LogP contribution in [0.4, 0.5) is 4.79 Å². The van der Waals surface area contributed by atoms with E-state index in [0.717, 1.165) is 16.7 Å². The molecule has 1 amide bonds. The summed E-state index contributed by atoms with van der Waals surface area (Å²) in [7, 11) is 1.59. The summed E-state index contributed by atoms with van der Waals surface area (Å²) in [6.45, 7) is 2.58. The van der Waals surface area contributed by atoms with Gasteiger partial charge < -0.3 is 14.8 Å². The van der Waals surface area contributed by atoms with Gasteiger partial charge in [-0.15, -0.1) is 0 Å². The van der Waals surface area contributed by atoms with Gasteiger partial charge in [-0.25, -0.2) is 9.78 Å². The van der Waals surface area contributed by atoms with Crippen LogP contribution in [0.25, 0.3) is 6.08 Å². The molecule has 0 bridgehead atoms. The number of pyridine rings is 1. The topological polar surface area (TPSA) is 60.5 Å². The molecular weight excluding hydrogens is 292 g/mol. The first-order valence-corrected chi connectivity index (χ1v) is 7.31. The summed E-state index contributed by atoms with van der Waals surface area (Å²) >= 11 is 0. The number of carbonyl (C=O) groups is 1. The number of hydrogen-bond donors (Lipinski definition) is 1. The molecule has 2 rings (SSSR count). The molecule has 0 fully saturated rings. The number of hydrogen-bond acceptors (Lipinski definition) is 4. The summed E-state index contributed by atoms with van der Waals surface area (Å²) < 4.78 is 10.2. The molecule has 1 aromatic carbocycles. The van der Waals surface area contributed by atoms with Gasteiger partial charge in [-0.2, -0.15) is 0 Å². The van der Waals surface area contributed by atoms with Gasteiger partial charge in [0.05, 0.1) is 7.11 Å². The second-order valence-corrected chi connectivity index (χ2v) is 4.94. The maximum Gasteiger partial charge on any atom is 0.407 e. The van der Waals surface area contributed by atoms with Crippen molar-refractivity contribution >= 4 is 12.2 Å². The summed E-state index contributed by atoms with van der Waals surface area (Å²) in [5, 5.41) is 2.67. The Labute approximate surface area is 136 Å². The zero-order valence-electron chi connectivity index (χ0n) is 13.3. The van der Waals surface area contributed by atoms with Crippen LogP contribution in [0.3, 0.4) is 0 Å². The molecule has 5 nitrogen and oxygen atoms in total. The molecule has 2 aromatic rings. The number of aromatic nitrogens is 1. The predicted molar refractivity (Wildman–Crippen MR) is 89.2 cm³/mol. The molecule has 0 atom stereocenters. The van der Waals surface area contributed by atoms with E-state index in [4.69, 9.17) is 9.47 Å². The molecule has 23 heavy (non-hydrogen) atoms. The van der Waals surface area contributed by atoms with Crippen LogP contribution in [0.15, 0.2) is 48.7 Å². The van der Waals surface area contributed by atoms with Crippen LogP contribution in [0, 0.1) is 6.92 Å². The lowest BCUT2D eigenvalue weighted by molar-refractivity contribution is 0.141. The fourth-order valence-electron chi connectivity index (χ4n) is 2.00. The second kappa shape index (κ2) is 8.58. The number of rotatable bonds is 6. The quantitative estimate of drug-likeness (QED) is 0.888. The van der Waals surface area contributed by atoms with Gasteiger partial charge in [0.2, 0.25) is 5.88 Å². The third-order valence-corrected chi connectivity index (χ3v) is 3.13. The predicted octanol–water partition coefficient (Wildman–Crippen LogP) is 3.34. The molecule has 120 valence electrons. The Balaban J connectivity index is 1.73. The minimum atomic E-state index is -0.442. The number of carbonyl (C=O) groups excluding carboxylic acids is 1. The highest BCUT2D eigenvalue weighted by Gasteiger charge is 2.01. The van der Waals surface area contributed by atoms with Crippen molar-refractivity contribution < 1.29 is 14.3 Å². The number of methoxy groups -OCH3 is 1. The summed E-state index contributed by atoms with van der Waals surface area (Å²) in [6.07, 6.45) is 5.00. The van der Waals surface area contributed by atoms with Gasteiger partial charge in [0.1, 0.15) is 6.61 Å². The van der Waals surface area contributed by atoms with Gasteiger partial charge >= 0.3 is 6.09 Å². The van der Waals surface area contributed by atoms with Crippen LogP contribution in [0.2, 0.25) is 0 Å². The number of nitrogens with one attached hydrogen (secondary N) is 1. The Kier molecular flexibility index (Phi) is 6.17. The Morgan fingerprint density at radius 2 is 2.09 bits per heavy atom. The van der Waals surface area contributed by atoms with E-state index in [1.54, 1.807) is 13.3 Å². The van der Waals surface area contributed by atoms with E-state index in [0.29, 0.717) is 12.4 Å². The van der Waals surface area contributed by atoms with Crippen molar-refractivity contribution in [3.63, 3.8) is 0 Å². The van der Waals surface area contributed by atoms with E-state index in [2.05, 4.69) is 10.3 Å². The highest BCUT2D eigenvalue weighted by molar-refractivity contribution is 5.67. The minimum Gasteiger partial charge on any atom is -0.481 e. The van der Waals surface area contributed by atoms with Gasteiger partial charge in [-0.05, 0) is 24.1 Å². The van der Waals surface area contributed by atoms with E-state index in [-0.39, 0.29) is 6.61 Å². The van der Waals surface area contributed by atoms with Crippen molar-refractivity contribution in [2.24, 2.45) is 0 Å². The zero-order valence-corrected chi connectivity index (χ0v) is 13.3. The maximum absolute atomic E-state index is 11.6. The van der Waals surface area contributed by atoms with Crippen LogP contribution in [0.1, 0.15) is 16.7 Å². The molecule has 0 unspecified atom stereocenters. The van der Waals surface area contributed by atoms with Gasteiger partial charge in [0.25, 0.3) is 0 Å². The molecule has 0 aliphatic rings. The normalized spacial score (nSPS) is 10.5. The number of ether oxygens (including phenoxy) is 2. The molecule has 0 spiro atoms. The second-order valence-electron chi connectivity index (χ2n) is 4.94. The van der Waals surface area contributed by atoms with E-state index < -0.39 is 6.09 Å². The molecule has 1 aromatic heterocycles. The van der Waals surface area contributed by atoms with Crippen LogP contribution >= 0.6 is 0 Å². The van der Waals surface area contributed by atoms with Crippen molar-refractivity contribution in [2.75, 3.05) is 13.7 Å². The fourth-order valence-corrected chi connectivity index (χ4v) is 2.00. The molecule has 0 aliphatic heterocycles. The number of benzene rings is 1. The van der Waals surface area contributed by atoms with E-state index in [9.17, 15) is 4.79 Å². The fraction of sp³-hybridized carbons (Fsp3) is 0.222. The van der Waals surface area contributed by atoms with E-state index >= 15 is 0 Å². The first-order chi connectivity index (χ1) is 11.2. The molecule has 1 N–H and O–H groups in total. The third-order valence-electron chi connectivity index (χ3n) is 3.13. The van der Waals surface area contributed by atoms with Gasteiger partial charge in [-0.3, -0.25) is 0 Å². The zero-order chi connectivity index (χ0) is 16.5. The van der Waals surface area contributed by atoms with Crippen LogP contribution in [-0.2, 0) is 11.3 Å². The monoisotopic (exact) mass is 312 g/mol. The Morgan fingerprint density at radius 3 is 2.78 bits per heavy atom. The number of nitrogens with zero attached hydrogens (tertiary/aromatic N) is 1. The van der Waals surface area contributed by atoms with Gasteiger partial charge in [0, 0.05) is 18.3 Å².